The van der Waals surface area contributed by atoms with Crippen molar-refractivity contribution in [3.8, 4) is 5.75 Å². The summed E-state index contributed by atoms with van der Waals surface area (Å²) in [5.74, 6) is -0.449. The van der Waals surface area contributed by atoms with Gasteiger partial charge in [-0.2, -0.15) is 0 Å². The second-order valence-corrected chi connectivity index (χ2v) is 9.71. The Morgan fingerprint density at radius 1 is 1.03 bits per heavy atom. The number of ether oxygens (including phenoxy) is 1. The van der Waals surface area contributed by atoms with E-state index in [1.165, 1.54) is 24.3 Å². The van der Waals surface area contributed by atoms with E-state index in [-0.39, 0.29) is 10.6 Å². The fourth-order valence-corrected chi connectivity index (χ4v) is 4.97. The van der Waals surface area contributed by atoms with Crippen LogP contribution in [0.2, 0.25) is 5.02 Å². The fraction of sp³-hybridized carbons (Fsp3) is 0.240. The molecule has 0 unspecified atom stereocenters. The van der Waals surface area contributed by atoms with Gasteiger partial charge in [-0.3, -0.25) is 9.10 Å². The normalized spacial score (nSPS) is 11.1. The van der Waals surface area contributed by atoms with E-state index in [4.69, 9.17) is 16.3 Å². The molecule has 0 aliphatic heterocycles. The van der Waals surface area contributed by atoms with Gasteiger partial charge in [0.2, 0.25) is 5.91 Å². The Morgan fingerprint density at radius 3 is 2.35 bits per heavy atom. The molecule has 180 valence electrons. The molecule has 3 rings (SSSR count). The summed E-state index contributed by atoms with van der Waals surface area (Å²) in [6, 6.07) is 18.4. The quantitative estimate of drug-likeness (QED) is 0.380. The number of hydrogen-bond donors (Lipinski definition) is 1. The molecule has 0 aromatic heterocycles. The number of halogens is 2. The summed E-state index contributed by atoms with van der Waals surface area (Å²) in [5.41, 5.74) is 1.16. The molecule has 0 spiro atoms. The van der Waals surface area contributed by atoms with Gasteiger partial charge in [-0.15, -0.1) is 0 Å². The number of aryl methyl sites for hydroxylation is 1. The van der Waals surface area contributed by atoms with Crippen molar-refractivity contribution in [1.82, 2.24) is 5.32 Å². The number of sulfonamides is 1. The molecular formula is C25H26ClFN2O4S. The fourth-order valence-electron chi connectivity index (χ4n) is 3.32. The molecule has 9 heteroatoms. The van der Waals surface area contributed by atoms with Gasteiger partial charge in [0.15, 0.2) is 0 Å². The first-order chi connectivity index (χ1) is 16.3. The zero-order valence-corrected chi connectivity index (χ0v) is 20.3. The molecule has 3 aromatic rings. The lowest BCUT2D eigenvalue weighted by molar-refractivity contribution is -0.119. The third-order valence-corrected chi connectivity index (χ3v) is 7.18. The maximum Gasteiger partial charge on any atom is 0.264 e. The number of benzene rings is 3. The van der Waals surface area contributed by atoms with Crippen LogP contribution in [0.3, 0.4) is 0 Å². The van der Waals surface area contributed by atoms with E-state index in [9.17, 15) is 17.6 Å². The molecule has 0 bridgehead atoms. The largest absolute Gasteiger partial charge is 0.494 e. The molecule has 0 atom stereocenters. The highest BCUT2D eigenvalue weighted by atomic mass is 35.5. The predicted octanol–water partition coefficient (Wildman–Crippen LogP) is 4.82. The Kier molecular flexibility index (Phi) is 8.90. The average Bonchev–Trinajstić information content (AvgIpc) is 2.82. The van der Waals surface area contributed by atoms with Gasteiger partial charge < -0.3 is 10.1 Å². The van der Waals surface area contributed by atoms with Gasteiger partial charge in [-0.1, -0.05) is 29.8 Å². The molecule has 0 saturated heterocycles. The highest BCUT2D eigenvalue weighted by molar-refractivity contribution is 7.92. The van der Waals surface area contributed by atoms with Gasteiger partial charge in [0.05, 0.1) is 17.2 Å². The summed E-state index contributed by atoms with van der Waals surface area (Å²) in [5, 5.41) is 3.42. The van der Waals surface area contributed by atoms with Crippen LogP contribution in [0.5, 0.6) is 5.75 Å². The van der Waals surface area contributed by atoms with Crippen molar-refractivity contribution in [1.29, 1.82) is 0 Å². The number of anilines is 1. The summed E-state index contributed by atoms with van der Waals surface area (Å²) in [7, 11) is -4.10. The Hall–Kier alpha value is -3.10. The van der Waals surface area contributed by atoms with Crippen molar-refractivity contribution in [2.45, 2.75) is 24.7 Å². The van der Waals surface area contributed by atoms with Gasteiger partial charge >= 0.3 is 0 Å². The lowest BCUT2D eigenvalue weighted by Gasteiger charge is -2.24. The minimum Gasteiger partial charge on any atom is -0.494 e. The van der Waals surface area contributed by atoms with E-state index in [1.54, 1.807) is 12.1 Å². The topological polar surface area (TPSA) is 75.7 Å². The molecular weight excluding hydrogens is 479 g/mol. The summed E-state index contributed by atoms with van der Waals surface area (Å²) in [4.78, 5) is 12.6. The molecule has 3 aromatic carbocycles. The van der Waals surface area contributed by atoms with Crippen molar-refractivity contribution >= 4 is 33.2 Å². The molecule has 0 saturated carbocycles. The smallest absolute Gasteiger partial charge is 0.264 e. The van der Waals surface area contributed by atoms with Crippen molar-refractivity contribution in [3.05, 3.63) is 89.2 Å². The summed E-state index contributed by atoms with van der Waals surface area (Å²) >= 11 is 6.15. The molecule has 0 heterocycles. The molecule has 6 nitrogen and oxygen atoms in total. The van der Waals surface area contributed by atoms with E-state index in [0.29, 0.717) is 36.8 Å². The van der Waals surface area contributed by atoms with Crippen LogP contribution in [0.25, 0.3) is 0 Å². The second kappa shape index (κ2) is 11.9. The number of hydrogen-bond acceptors (Lipinski definition) is 4. The summed E-state index contributed by atoms with van der Waals surface area (Å²) < 4.78 is 46.5. The van der Waals surface area contributed by atoms with Crippen molar-refractivity contribution < 1.29 is 22.3 Å². The number of rotatable bonds is 11. The second-order valence-electron chi connectivity index (χ2n) is 7.44. The molecule has 0 aliphatic rings. The Balaban J connectivity index is 1.72. The lowest BCUT2D eigenvalue weighted by atomic mass is 10.1. The maximum atomic E-state index is 13.5. The Morgan fingerprint density at radius 2 is 1.71 bits per heavy atom. The van der Waals surface area contributed by atoms with Crippen LogP contribution in [0.4, 0.5) is 10.1 Å². The minimum atomic E-state index is -4.10. The first-order valence-electron chi connectivity index (χ1n) is 10.8. The van der Waals surface area contributed by atoms with E-state index in [0.717, 1.165) is 22.0 Å². The van der Waals surface area contributed by atoms with Gasteiger partial charge in [-0.25, -0.2) is 12.8 Å². The van der Waals surface area contributed by atoms with E-state index in [1.807, 2.05) is 31.2 Å². The van der Waals surface area contributed by atoms with Crippen LogP contribution in [-0.4, -0.2) is 34.0 Å². The summed E-state index contributed by atoms with van der Waals surface area (Å²) in [6.07, 6.45) is 1.31. The van der Waals surface area contributed by atoms with E-state index in [2.05, 4.69) is 5.32 Å². The van der Waals surface area contributed by atoms with E-state index >= 15 is 0 Å². The van der Waals surface area contributed by atoms with Crippen molar-refractivity contribution in [3.63, 3.8) is 0 Å². The number of carbonyl (C=O) groups is 1. The Bertz CT molecular complexity index is 1200. The van der Waals surface area contributed by atoms with Crippen LogP contribution in [0, 0.1) is 5.82 Å². The van der Waals surface area contributed by atoms with Gasteiger partial charge in [-0.05, 0) is 79.9 Å². The number of nitrogens with zero attached hydrogens (tertiary/aromatic N) is 1. The zero-order chi connectivity index (χ0) is 24.6. The van der Waals surface area contributed by atoms with E-state index < -0.39 is 28.3 Å². The number of carbonyl (C=O) groups excluding carboxylic acids is 1. The maximum absolute atomic E-state index is 13.5. The monoisotopic (exact) mass is 504 g/mol. The van der Waals surface area contributed by atoms with Gasteiger partial charge in [0.1, 0.15) is 18.1 Å². The third kappa shape index (κ3) is 6.71. The minimum absolute atomic E-state index is 0.00759. The summed E-state index contributed by atoms with van der Waals surface area (Å²) in [6.45, 7) is 2.18. The molecule has 1 N–H and O–H groups in total. The molecule has 34 heavy (non-hydrogen) atoms. The lowest BCUT2D eigenvalue weighted by Crippen LogP contribution is -2.41. The number of amides is 1. The molecule has 1 amide bonds. The predicted molar refractivity (Wildman–Crippen MR) is 131 cm³/mol. The van der Waals surface area contributed by atoms with Gasteiger partial charge in [0.25, 0.3) is 10.0 Å². The van der Waals surface area contributed by atoms with Crippen LogP contribution in [0.1, 0.15) is 18.9 Å². The van der Waals surface area contributed by atoms with Gasteiger partial charge in [0, 0.05) is 11.6 Å². The highest BCUT2D eigenvalue weighted by Gasteiger charge is 2.27. The first-order valence-corrected chi connectivity index (χ1v) is 12.6. The molecule has 0 fully saturated rings. The van der Waals surface area contributed by atoms with Crippen LogP contribution in [-0.2, 0) is 21.2 Å². The Labute approximate surface area is 204 Å². The standard InChI is InChI=1S/C25H26ClFN2O4S/c1-2-33-22-13-15-23(16-14-22)34(31,32)29(21-11-9-20(27)10-12-21)18-25(30)28-17-5-7-19-6-3-4-8-24(19)26/h3-4,6,8-16H,2,5,7,17-18H2,1H3,(H,28,30). The first kappa shape index (κ1) is 25.5. The average molecular weight is 505 g/mol. The van der Waals surface area contributed by atoms with Crippen molar-refractivity contribution in [2.24, 2.45) is 0 Å². The molecule has 0 aliphatic carbocycles. The van der Waals surface area contributed by atoms with Crippen LogP contribution in [0.15, 0.2) is 77.7 Å². The number of nitrogens with one attached hydrogen (secondary N) is 1. The van der Waals surface area contributed by atoms with Crippen LogP contribution >= 0.6 is 11.6 Å². The highest BCUT2D eigenvalue weighted by Crippen LogP contribution is 2.25. The van der Waals surface area contributed by atoms with Crippen LogP contribution < -0.4 is 14.4 Å². The SMILES string of the molecule is CCOc1ccc(S(=O)(=O)N(CC(=O)NCCCc2ccccc2Cl)c2ccc(F)cc2)cc1. The van der Waals surface area contributed by atoms with Crippen molar-refractivity contribution in [2.75, 3.05) is 24.0 Å². The third-order valence-electron chi connectivity index (χ3n) is 5.03. The molecule has 0 radical (unpaired) electrons. The zero-order valence-electron chi connectivity index (χ0n) is 18.7.